The summed E-state index contributed by atoms with van der Waals surface area (Å²) >= 11 is 0. The van der Waals surface area contributed by atoms with Crippen molar-refractivity contribution in [3.05, 3.63) is 29.3 Å². The SMILES string of the molecule is Cc1ccc(C)c(OCCN(C)CC(O)CN2CCOCC2)c1. The van der Waals surface area contributed by atoms with E-state index in [2.05, 4.69) is 41.8 Å². The maximum absolute atomic E-state index is 10.2. The Morgan fingerprint density at radius 3 is 2.78 bits per heavy atom. The van der Waals surface area contributed by atoms with Crippen molar-refractivity contribution in [2.75, 3.05) is 59.6 Å². The topological polar surface area (TPSA) is 45.2 Å². The number of morpholine rings is 1. The minimum absolute atomic E-state index is 0.334. The minimum Gasteiger partial charge on any atom is -0.492 e. The molecule has 0 amide bonds. The maximum Gasteiger partial charge on any atom is 0.122 e. The quantitative estimate of drug-likeness (QED) is 0.782. The molecule has 1 aromatic carbocycles. The van der Waals surface area contributed by atoms with Crippen molar-refractivity contribution in [2.24, 2.45) is 0 Å². The van der Waals surface area contributed by atoms with Crippen LogP contribution in [-0.4, -0.2) is 80.6 Å². The summed E-state index contributed by atoms with van der Waals surface area (Å²) in [6, 6.07) is 6.25. The summed E-state index contributed by atoms with van der Waals surface area (Å²) in [5.41, 5.74) is 2.37. The lowest BCUT2D eigenvalue weighted by molar-refractivity contribution is 0.00811. The Kier molecular flexibility index (Phi) is 7.30. The first kappa shape index (κ1) is 18.2. The molecular formula is C18H30N2O3. The van der Waals surface area contributed by atoms with E-state index in [0.717, 1.165) is 44.2 Å². The van der Waals surface area contributed by atoms with Gasteiger partial charge in [0.2, 0.25) is 0 Å². The number of rotatable bonds is 8. The van der Waals surface area contributed by atoms with Crippen LogP contribution in [0.3, 0.4) is 0 Å². The van der Waals surface area contributed by atoms with Gasteiger partial charge in [0.15, 0.2) is 0 Å². The van der Waals surface area contributed by atoms with E-state index >= 15 is 0 Å². The van der Waals surface area contributed by atoms with E-state index in [4.69, 9.17) is 9.47 Å². The average Bonchev–Trinajstić information content (AvgIpc) is 2.51. The number of nitrogens with zero attached hydrogens (tertiary/aromatic N) is 2. The molecule has 1 N–H and O–H groups in total. The largest absolute Gasteiger partial charge is 0.492 e. The van der Waals surface area contributed by atoms with Gasteiger partial charge in [-0.05, 0) is 38.1 Å². The van der Waals surface area contributed by atoms with Crippen molar-refractivity contribution in [1.82, 2.24) is 9.80 Å². The number of ether oxygens (including phenoxy) is 2. The lowest BCUT2D eigenvalue weighted by Gasteiger charge is -2.30. The van der Waals surface area contributed by atoms with Gasteiger partial charge in [-0.1, -0.05) is 12.1 Å². The number of hydrogen-bond donors (Lipinski definition) is 1. The molecule has 23 heavy (non-hydrogen) atoms. The molecule has 1 unspecified atom stereocenters. The Morgan fingerprint density at radius 1 is 1.30 bits per heavy atom. The molecule has 130 valence electrons. The third-order valence-corrected chi connectivity index (χ3v) is 4.17. The number of aryl methyl sites for hydroxylation is 2. The number of aliphatic hydroxyl groups excluding tert-OH is 1. The summed E-state index contributed by atoms with van der Waals surface area (Å²) in [7, 11) is 2.02. The van der Waals surface area contributed by atoms with Gasteiger partial charge in [-0.25, -0.2) is 0 Å². The van der Waals surface area contributed by atoms with E-state index in [-0.39, 0.29) is 6.10 Å². The number of β-amino-alcohol motifs (C(OH)–C–C–N with tert-alkyl or cyclic N) is 1. The lowest BCUT2D eigenvalue weighted by atomic mass is 10.1. The van der Waals surface area contributed by atoms with Crippen LogP contribution in [0.2, 0.25) is 0 Å². The fourth-order valence-corrected chi connectivity index (χ4v) is 2.76. The normalized spacial score (nSPS) is 17.4. The first-order valence-corrected chi connectivity index (χ1v) is 8.41. The van der Waals surface area contributed by atoms with Crippen molar-refractivity contribution in [3.8, 4) is 5.75 Å². The van der Waals surface area contributed by atoms with Crippen LogP contribution in [0.15, 0.2) is 18.2 Å². The first-order chi connectivity index (χ1) is 11.0. The summed E-state index contributed by atoms with van der Waals surface area (Å²) in [5.74, 6) is 0.951. The summed E-state index contributed by atoms with van der Waals surface area (Å²) in [5, 5.41) is 10.2. The van der Waals surface area contributed by atoms with Crippen LogP contribution >= 0.6 is 0 Å². The van der Waals surface area contributed by atoms with E-state index in [1.165, 1.54) is 5.56 Å². The summed E-state index contributed by atoms with van der Waals surface area (Å²) in [4.78, 5) is 4.38. The molecule has 1 aromatic rings. The molecule has 1 aliphatic rings. The molecule has 2 rings (SSSR count). The van der Waals surface area contributed by atoms with Crippen LogP contribution in [0, 0.1) is 13.8 Å². The predicted octanol–water partition coefficient (Wildman–Crippen LogP) is 1.31. The molecule has 0 spiro atoms. The van der Waals surface area contributed by atoms with E-state index < -0.39 is 0 Å². The molecule has 1 aliphatic heterocycles. The van der Waals surface area contributed by atoms with Crippen LogP contribution in [-0.2, 0) is 4.74 Å². The molecule has 0 saturated carbocycles. The molecule has 0 radical (unpaired) electrons. The predicted molar refractivity (Wildman–Crippen MR) is 92.2 cm³/mol. The van der Waals surface area contributed by atoms with Crippen molar-refractivity contribution >= 4 is 0 Å². The van der Waals surface area contributed by atoms with Crippen LogP contribution in [0.4, 0.5) is 0 Å². The van der Waals surface area contributed by atoms with Gasteiger partial charge in [0.1, 0.15) is 12.4 Å². The highest BCUT2D eigenvalue weighted by atomic mass is 16.5. The van der Waals surface area contributed by atoms with Crippen molar-refractivity contribution in [2.45, 2.75) is 20.0 Å². The highest BCUT2D eigenvalue weighted by Gasteiger charge is 2.16. The van der Waals surface area contributed by atoms with E-state index in [1.807, 2.05) is 7.05 Å². The fourth-order valence-electron chi connectivity index (χ4n) is 2.76. The first-order valence-electron chi connectivity index (χ1n) is 8.41. The van der Waals surface area contributed by atoms with E-state index in [1.54, 1.807) is 0 Å². The van der Waals surface area contributed by atoms with Gasteiger partial charge in [0, 0.05) is 32.7 Å². The molecule has 1 atom stereocenters. The zero-order valence-corrected chi connectivity index (χ0v) is 14.6. The van der Waals surface area contributed by atoms with Crippen LogP contribution < -0.4 is 4.74 Å². The van der Waals surface area contributed by atoms with Crippen LogP contribution in [0.5, 0.6) is 5.75 Å². The van der Waals surface area contributed by atoms with Gasteiger partial charge < -0.3 is 19.5 Å². The highest BCUT2D eigenvalue weighted by Crippen LogP contribution is 2.18. The third-order valence-electron chi connectivity index (χ3n) is 4.17. The van der Waals surface area contributed by atoms with E-state index in [0.29, 0.717) is 19.7 Å². The Balaban J connectivity index is 1.66. The standard InChI is InChI=1S/C18H30N2O3/c1-15-4-5-16(2)18(12-15)23-11-6-19(3)13-17(21)14-20-7-9-22-10-8-20/h4-5,12,17,21H,6-11,13-14H2,1-3H3. The van der Waals surface area contributed by atoms with Gasteiger partial charge in [0.25, 0.3) is 0 Å². The molecule has 1 saturated heterocycles. The fraction of sp³-hybridized carbons (Fsp3) is 0.667. The van der Waals surface area contributed by atoms with Gasteiger partial charge in [0.05, 0.1) is 19.3 Å². The monoisotopic (exact) mass is 322 g/mol. The molecule has 5 nitrogen and oxygen atoms in total. The molecule has 0 bridgehead atoms. The summed E-state index contributed by atoms with van der Waals surface area (Å²) in [6.45, 7) is 10.3. The third kappa shape index (κ3) is 6.47. The van der Waals surface area contributed by atoms with Crippen molar-refractivity contribution in [1.29, 1.82) is 0 Å². The van der Waals surface area contributed by atoms with Crippen LogP contribution in [0.25, 0.3) is 0 Å². The highest BCUT2D eigenvalue weighted by molar-refractivity contribution is 5.35. The molecule has 5 heteroatoms. The summed E-state index contributed by atoms with van der Waals surface area (Å²) < 4.78 is 11.2. The molecule has 0 aliphatic carbocycles. The average molecular weight is 322 g/mol. The number of aliphatic hydroxyl groups is 1. The number of likely N-dealkylation sites (N-methyl/N-ethyl adjacent to an activating group) is 1. The lowest BCUT2D eigenvalue weighted by Crippen LogP contribution is -2.44. The van der Waals surface area contributed by atoms with Crippen molar-refractivity contribution in [3.63, 3.8) is 0 Å². The number of hydrogen-bond acceptors (Lipinski definition) is 5. The van der Waals surface area contributed by atoms with Gasteiger partial charge in [-0.3, -0.25) is 4.90 Å². The van der Waals surface area contributed by atoms with Gasteiger partial charge in [-0.2, -0.15) is 0 Å². The molecule has 0 aromatic heterocycles. The second-order valence-electron chi connectivity index (χ2n) is 6.45. The molecule has 1 heterocycles. The van der Waals surface area contributed by atoms with E-state index in [9.17, 15) is 5.11 Å². The van der Waals surface area contributed by atoms with Gasteiger partial charge in [-0.15, -0.1) is 0 Å². The minimum atomic E-state index is -0.334. The van der Waals surface area contributed by atoms with Crippen molar-refractivity contribution < 1.29 is 14.6 Å². The Morgan fingerprint density at radius 2 is 2.04 bits per heavy atom. The smallest absolute Gasteiger partial charge is 0.122 e. The molecule has 1 fully saturated rings. The zero-order chi connectivity index (χ0) is 16.7. The number of benzene rings is 1. The summed E-state index contributed by atoms with van der Waals surface area (Å²) in [6.07, 6.45) is -0.334. The second-order valence-corrected chi connectivity index (χ2v) is 6.45. The van der Waals surface area contributed by atoms with Crippen LogP contribution in [0.1, 0.15) is 11.1 Å². The maximum atomic E-state index is 10.2. The Bertz CT molecular complexity index is 475. The molecular weight excluding hydrogens is 292 g/mol. The Hall–Kier alpha value is -1.14. The van der Waals surface area contributed by atoms with Gasteiger partial charge >= 0.3 is 0 Å². The Labute approximate surface area is 139 Å². The zero-order valence-electron chi connectivity index (χ0n) is 14.6. The second kappa shape index (κ2) is 9.23.